The molecule has 3 heteroatoms. The normalized spacial score (nSPS) is 21.9. The van der Waals surface area contributed by atoms with Gasteiger partial charge < -0.3 is 10.6 Å². The van der Waals surface area contributed by atoms with Crippen LogP contribution in [0.2, 0.25) is 0 Å². The maximum Gasteiger partial charge on any atom is 0.123 e. The zero-order chi connectivity index (χ0) is 15.7. The van der Waals surface area contributed by atoms with E-state index in [1.54, 1.807) is 12.1 Å². The molecule has 1 heterocycles. The Balaban J connectivity index is 1.85. The Morgan fingerprint density at radius 2 is 1.86 bits per heavy atom. The van der Waals surface area contributed by atoms with Crippen LogP contribution in [-0.2, 0) is 0 Å². The van der Waals surface area contributed by atoms with Crippen molar-refractivity contribution in [2.45, 2.75) is 32.2 Å². The molecule has 2 unspecified atom stereocenters. The highest BCUT2D eigenvalue weighted by molar-refractivity contribution is 5.52. The quantitative estimate of drug-likeness (QED) is 0.914. The molecule has 3 rings (SSSR count). The standard InChI is InChI=1S/C19H23FN2/c1-13-6-7-19(8-14(13)2)22-11-16(10-18(21)12-22)15-4-3-5-17(20)9-15/h3-9,16,18H,10-12,21H2,1-2H3. The van der Waals surface area contributed by atoms with Crippen LogP contribution in [0.4, 0.5) is 10.1 Å². The monoisotopic (exact) mass is 298 g/mol. The number of rotatable bonds is 2. The number of nitrogens with zero attached hydrogens (tertiary/aromatic N) is 1. The minimum Gasteiger partial charge on any atom is -0.369 e. The molecule has 1 aliphatic heterocycles. The molecule has 1 fully saturated rings. The van der Waals surface area contributed by atoms with E-state index >= 15 is 0 Å². The predicted molar refractivity (Wildman–Crippen MR) is 89.9 cm³/mol. The van der Waals surface area contributed by atoms with E-state index in [1.165, 1.54) is 22.9 Å². The Bertz CT molecular complexity index is 668. The predicted octanol–water partition coefficient (Wildman–Crippen LogP) is 3.76. The third-order valence-electron chi connectivity index (χ3n) is 4.66. The summed E-state index contributed by atoms with van der Waals surface area (Å²) < 4.78 is 13.5. The summed E-state index contributed by atoms with van der Waals surface area (Å²) in [5.41, 5.74) is 11.1. The zero-order valence-corrected chi connectivity index (χ0v) is 13.2. The fraction of sp³-hybridized carbons (Fsp3) is 0.368. The molecule has 116 valence electrons. The third kappa shape index (κ3) is 3.14. The van der Waals surface area contributed by atoms with Gasteiger partial charge in [-0.05, 0) is 61.2 Å². The van der Waals surface area contributed by atoms with Gasteiger partial charge in [-0.25, -0.2) is 4.39 Å². The van der Waals surface area contributed by atoms with Gasteiger partial charge in [-0.15, -0.1) is 0 Å². The molecule has 0 saturated carbocycles. The topological polar surface area (TPSA) is 29.3 Å². The minimum absolute atomic E-state index is 0.114. The lowest BCUT2D eigenvalue weighted by molar-refractivity contribution is 0.452. The molecule has 1 saturated heterocycles. The zero-order valence-electron chi connectivity index (χ0n) is 13.2. The van der Waals surface area contributed by atoms with Crippen molar-refractivity contribution in [1.82, 2.24) is 0 Å². The van der Waals surface area contributed by atoms with E-state index in [2.05, 4.69) is 36.9 Å². The highest BCUT2D eigenvalue weighted by atomic mass is 19.1. The van der Waals surface area contributed by atoms with Crippen molar-refractivity contribution in [3.8, 4) is 0 Å². The average Bonchev–Trinajstić information content (AvgIpc) is 2.49. The van der Waals surface area contributed by atoms with Gasteiger partial charge in [0.1, 0.15) is 5.82 Å². The molecule has 2 nitrogen and oxygen atoms in total. The van der Waals surface area contributed by atoms with Crippen molar-refractivity contribution < 1.29 is 4.39 Å². The van der Waals surface area contributed by atoms with Gasteiger partial charge in [0.15, 0.2) is 0 Å². The molecule has 0 aromatic heterocycles. The number of aryl methyl sites for hydroxylation is 2. The molecule has 2 aromatic carbocycles. The van der Waals surface area contributed by atoms with Crippen molar-refractivity contribution in [1.29, 1.82) is 0 Å². The first-order valence-corrected chi connectivity index (χ1v) is 7.86. The second kappa shape index (κ2) is 6.09. The van der Waals surface area contributed by atoms with Crippen LogP contribution in [0, 0.1) is 19.7 Å². The van der Waals surface area contributed by atoms with E-state index in [4.69, 9.17) is 5.73 Å². The molecule has 1 aliphatic rings. The number of hydrogen-bond donors (Lipinski definition) is 1. The van der Waals surface area contributed by atoms with E-state index in [9.17, 15) is 4.39 Å². The van der Waals surface area contributed by atoms with E-state index in [-0.39, 0.29) is 17.8 Å². The molecule has 2 N–H and O–H groups in total. The second-order valence-corrected chi connectivity index (χ2v) is 6.42. The van der Waals surface area contributed by atoms with Gasteiger partial charge in [-0.2, -0.15) is 0 Å². The summed E-state index contributed by atoms with van der Waals surface area (Å²) in [5.74, 6) is 0.107. The van der Waals surface area contributed by atoms with Crippen molar-refractivity contribution in [3.05, 3.63) is 65.0 Å². The van der Waals surface area contributed by atoms with Crippen LogP contribution in [-0.4, -0.2) is 19.1 Å². The van der Waals surface area contributed by atoms with E-state index in [1.807, 2.05) is 6.07 Å². The number of hydrogen-bond acceptors (Lipinski definition) is 2. The van der Waals surface area contributed by atoms with Gasteiger partial charge >= 0.3 is 0 Å². The summed E-state index contributed by atoms with van der Waals surface area (Å²) in [5, 5.41) is 0. The summed E-state index contributed by atoms with van der Waals surface area (Å²) in [6, 6.07) is 13.6. The molecule has 0 amide bonds. The molecule has 22 heavy (non-hydrogen) atoms. The second-order valence-electron chi connectivity index (χ2n) is 6.42. The highest BCUT2D eigenvalue weighted by Gasteiger charge is 2.26. The Kier molecular flexibility index (Phi) is 4.16. The van der Waals surface area contributed by atoms with Crippen LogP contribution < -0.4 is 10.6 Å². The minimum atomic E-state index is -0.172. The van der Waals surface area contributed by atoms with Crippen LogP contribution in [0.15, 0.2) is 42.5 Å². The Hall–Kier alpha value is -1.87. The molecule has 0 bridgehead atoms. The molecular formula is C19H23FN2. The van der Waals surface area contributed by atoms with Crippen LogP contribution >= 0.6 is 0 Å². The molecule has 0 radical (unpaired) electrons. The SMILES string of the molecule is Cc1ccc(N2CC(N)CC(c3cccc(F)c3)C2)cc1C. The molecule has 0 aliphatic carbocycles. The summed E-state index contributed by atoms with van der Waals surface area (Å²) >= 11 is 0. The fourth-order valence-electron chi connectivity index (χ4n) is 3.27. The van der Waals surface area contributed by atoms with Gasteiger partial charge in [0.25, 0.3) is 0 Å². The Morgan fingerprint density at radius 1 is 1.05 bits per heavy atom. The molecule has 2 aromatic rings. The van der Waals surface area contributed by atoms with Gasteiger partial charge in [-0.1, -0.05) is 18.2 Å². The van der Waals surface area contributed by atoms with Crippen LogP contribution in [0.25, 0.3) is 0 Å². The lowest BCUT2D eigenvalue weighted by atomic mass is 9.88. The average molecular weight is 298 g/mol. The number of piperidine rings is 1. The molecular weight excluding hydrogens is 275 g/mol. The van der Waals surface area contributed by atoms with Crippen LogP contribution in [0.3, 0.4) is 0 Å². The summed E-state index contributed by atoms with van der Waals surface area (Å²) in [6.45, 7) is 6.00. The van der Waals surface area contributed by atoms with E-state index in [0.717, 1.165) is 25.1 Å². The Labute approximate surface area is 131 Å². The number of benzene rings is 2. The fourth-order valence-corrected chi connectivity index (χ4v) is 3.27. The molecule has 2 atom stereocenters. The van der Waals surface area contributed by atoms with E-state index in [0.29, 0.717) is 0 Å². The van der Waals surface area contributed by atoms with Gasteiger partial charge in [0.05, 0.1) is 0 Å². The molecule has 0 spiro atoms. The van der Waals surface area contributed by atoms with Crippen LogP contribution in [0.5, 0.6) is 0 Å². The Morgan fingerprint density at radius 3 is 2.59 bits per heavy atom. The smallest absolute Gasteiger partial charge is 0.123 e. The third-order valence-corrected chi connectivity index (χ3v) is 4.66. The maximum atomic E-state index is 13.5. The highest BCUT2D eigenvalue weighted by Crippen LogP contribution is 2.30. The lowest BCUT2D eigenvalue weighted by Crippen LogP contribution is -2.46. The first kappa shape index (κ1) is 15.0. The summed E-state index contributed by atoms with van der Waals surface area (Å²) in [7, 11) is 0. The van der Waals surface area contributed by atoms with Gasteiger partial charge in [0, 0.05) is 30.7 Å². The van der Waals surface area contributed by atoms with Crippen molar-refractivity contribution >= 4 is 5.69 Å². The first-order chi connectivity index (χ1) is 10.5. The lowest BCUT2D eigenvalue weighted by Gasteiger charge is -2.38. The van der Waals surface area contributed by atoms with Crippen molar-refractivity contribution in [2.24, 2.45) is 5.73 Å². The van der Waals surface area contributed by atoms with Gasteiger partial charge in [-0.3, -0.25) is 0 Å². The largest absolute Gasteiger partial charge is 0.369 e. The number of halogens is 1. The van der Waals surface area contributed by atoms with Crippen molar-refractivity contribution in [3.63, 3.8) is 0 Å². The number of anilines is 1. The van der Waals surface area contributed by atoms with Crippen molar-refractivity contribution in [2.75, 3.05) is 18.0 Å². The maximum absolute atomic E-state index is 13.5. The van der Waals surface area contributed by atoms with E-state index < -0.39 is 0 Å². The first-order valence-electron chi connectivity index (χ1n) is 7.86. The van der Waals surface area contributed by atoms with Gasteiger partial charge in [0.2, 0.25) is 0 Å². The van der Waals surface area contributed by atoms with Crippen LogP contribution in [0.1, 0.15) is 29.0 Å². The number of nitrogens with two attached hydrogens (primary N) is 1. The summed E-state index contributed by atoms with van der Waals surface area (Å²) in [4.78, 5) is 2.33. The summed E-state index contributed by atoms with van der Waals surface area (Å²) in [6.07, 6.45) is 0.908.